The zero-order chi connectivity index (χ0) is 14.8. The van der Waals surface area contributed by atoms with E-state index >= 15 is 0 Å². The molecule has 0 radical (unpaired) electrons. The lowest BCUT2D eigenvalue weighted by molar-refractivity contribution is -0.116. The molecule has 3 N–H and O–H groups in total. The quantitative estimate of drug-likeness (QED) is 0.436. The lowest BCUT2D eigenvalue weighted by atomic mass is 10.1. The topological polar surface area (TPSA) is 64.3 Å². The Morgan fingerprint density at radius 1 is 1.35 bits per heavy atom. The van der Waals surface area contributed by atoms with E-state index in [-0.39, 0.29) is 5.91 Å². The summed E-state index contributed by atoms with van der Waals surface area (Å²) in [5.74, 6) is 0.611. The number of carbonyl (C=O) groups excluding carboxylic acids is 1. The summed E-state index contributed by atoms with van der Waals surface area (Å²) in [5.41, 5.74) is 7.41. The second kappa shape index (κ2) is 9.02. The lowest BCUT2D eigenvalue weighted by Crippen LogP contribution is -2.21. The highest BCUT2D eigenvalue weighted by Crippen LogP contribution is 2.23. The molecule has 0 fully saturated rings. The molecule has 0 saturated carbocycles. The van der Waals surface area contributed by atoms with Crippen molar-refractivity contribution in [3.05, 3.63) is 29.8 Å². The van der Waals surface area contributed by atoms with Crippen molar-refractivity contribution < 1.29 is 9.53 Å². The highest BCUT2D eigenvalue weighted by atomic mass is 16.5. The van der Waals surface area contributed by atoms with Gasteiger partial charge in [0.05, 0.1) is 12.3 Å². The number of anilines is 1. The fraction of sp³-hybridized carbons (Fsp3) is 0.438. The molecule has 0 atom stereocenters. The largest absolute Gasteiger partial charge is 0.491 e. The van der Waals surface area contributed by atoms with E-state index in [1.54, 1.807) is 6.08 Å². The van der Waals surface area contributed by atoms with Gasteiger partial charge >= 0.3 is 0 Å². The molecule has 1 aromatic rings. The molecule has 0 saturated heterocycles. The monoisotopic (exact) mass is 276 g/mol. The molecular formula is C16H24N2O2. The van der Waals surface area contributed by atoms with Crippen LogP contribution in [-0.4, -0.2) is 19.1 Å². The number of benzene rings is 1. The standard InChI is InChI=1S/C16H24N2O2/c1-3-5-11-20-15-8-6-13(12-14(15)17)7-9-16(19)18-10-4-2/h6-9,12H,3-5,10-11,17H2,1-2H3,(H,18,19)/b9-7-. The second-order valence-electron chi connectivity index (χ2n) is 4.62. The van der Waals surface area contributed by atoms with Gasteiger partial charge in [-0.2, -0.15) is 0 Å². The summed E-state index contributed by atoms with van der Waals surface area (Å²) < 4.78 is 5.58. The number of nitrogen functional groups attached to an aromatic ring is 1. The maximum Gasteiger partial charge on any atom is 0.243 e. The van der Waals surface area contributed by atoms with E-state index < -0.39 is 0 Å². The predicted octanol–water partition coefficient (Wildman–Crippen LogP) is 2.99. The van der Waals surface area contributed by atoms with Crippen LogP contribution in [0.4, 0.5) is 5.69 Å². The van der Waals surface area contributed by atoms with Crippen LogP contribution in [0.2, 0.25) is 0 Å². The zero-order valence-corrected chi connectivity index (χ0v) is 12.3. The number of carbonyl (C=O) groups is 1. The van der Waals surface area contributed by atoms with Crippen LogP contribution >= 0.6 is 0 Å². The Balaban J connectivity index is 2.58. The van der Waals surface area contributed by atoms with E-state index in [9.17, 15) is 4.79 Å². The Hall–Kier alpha value is -1.97. The molecule has 0 unspecified atom stereocenters. The van der Waals surface area contributed by atoms with Crippen LogP contribution in [0, 0.1) is 0 Å². The van der Waals surface area contributed by atoms with Crippen molar-refractivity contribution in [3.63, 3.8) is 0 Å². The number of rotatable bonds is 8. The first kappa shape index (κ1) is 16.1. The average molecular weight is 276 g/mol. The summed E-state index contributed by atoms with van der Waals surface area (Å²) in [7, 11) is 0. The van der Waals surface area contributed by atoms with E-state index in [0.29, 0.717) is 24.6 Å². The smallest absolute Gasteiger partial charge is 0.243 e. The van der Waals surface area contributed by atoms with Crippen LogP contribution in [0.25, 0.3) is 6.08 Å². The second-order valence-corrected chi connectivity index (χ2v) is 4.62. The van der Waals surface area contributed by atoms with E-state index in [4.69, 9.17) is 10.5 Å². The normalized spacial score (nSPS) is 10.7. The molecule has 1 rings (SSSR count). The van der Waals surface area contributed by atoms with Crippen LogP contribution in [0.3, 0.4) is 0 Å². The number of hydrogen-bond donors (Lipinski definition) is 2. The molecule has 0 aliphatic carbocycles. The van der Waals surface area contributed by atoms with E-state index in [2.05, 4.69) is 12.2 Å². The molecule has 110 valence electrons. The summed E-state index contributed by atoms with van der Waals surface area (Å²) in [4.78, 5) is 11.4. The molecule has 4 heteroatoms. The Morgan fingerprint density at radius 2 is 2.15 bits per heavy atom. The number of nitrogens with one attached hydrogen (secondary N) is 1. The minimum atomic E-state index is -0.0892. The van der Waals surface area contributed by atoms with Gasteiger partial charge in [0, 0.05) is 12.6 Å². The third kappa shape index (κ3) is 5.78. The maximum absolute atomic E-state index is 11.4. The summed E-state index contributed by atoms with van der Waals surface area (Å²) >= 11 is 0. The summed E-state index contributed by atoms with van der Waals surface area (Å²) in [6.45, 7) is 5.50. The van der Waals surface area contributed by atoms with Gasteiger partial charge < -0.3 is 15.8 Å². The SMILES string of the molecule is CCCCOc1ccc(/C=C\C(=O)NCCC)cc1N. The summed E-state index contributed by atoms with van der Waals surface area (Å²) in [5, 5.41) is 2.78. The number of amides is 1. The van der Waals surface area contributed by atoms with Crippen molar-refractivity contribution in [1.82, 2.24) is 5.32 Å². The van der Waals surface area contributed by atoms with Crippen molar-refractivity contribution in [1.29, 1.82) is 0 Å². The first-order chi connectivity index (χ1) is 9.67. The van der Waals surface area contributed by atoms with E-state index in [1.165, 1.54) is 6.08 Å². The Bertz CT molecular complexity index is 456. The van der Waals surface area contributed by atoms with Gasteiger partial charge in [0.15, 0.2) is 0 Å². The van der Waals surface area contributed by atoms with Crippen LogP contribution in [0.5, 0.6) is 5.75 Å². The minimum absolute atomic E-state index is 0.0892. The molecule has 0 aliphatic heterocycles. The molecule has 1 amide bonds. The van der Waals surface area contributed by atoms with Gasteiger partial charge in [-0.3, -0.25) is 4.79 Å². The third-order valence-electron chi connectivity index (χ3n) is 2.77. The maximum atomic E-state index is 11.4. The zero-order valence-electron chi connectivity index (χ0n) is 12.3. The predicted molar refractivity (Wildman–Crippen MR) is 83.6 cm³/mol. The van der Waals surface area contributed by atoms with Crippen LogP contribution < -0.4 is 15.8 Å². The van der Waals surface area contributed by atoms with Gasteiger partial charge in [-0.1, -0.05) is 26.3 Å². The van der Waals surface area contributed by atoms with Crippen molar-refractivity contribution in [2.45, 2.75) is 33.1 Å². The molecule has 0 aromatic heterocycles. The van der Waals surface area contributed by atoms with Crippen LogP contribution in [0.15, 0.2) is 24.3 Å². The number of unbranched alkanes of at least 4 members (excludes halogenated alkanes) is 1. The molecule has 0 spiro atoms. The molecule has 0 aliphatic rings. The molecular weight excluding hydrogens is 252 g/mol. The van der Waals surface area contributed by atoms with Gasteiger partial charge in [-0.05, 0) is 36.6 Å². The molecule has 0 heterocycles. The Morgan fingerprint density at radius 3 is 2.80 bits per heavy atom. The van der Waals surface area contributed by atoms with Crippen molar-refractivity contribution >= 4 is 17.7 Å². The fourth-order valence-corrected chi connectivity index (χ4v) is 1.61. The Labute approximate surface area is 121 Å². The molecule has 20 heavy (non-hydrogen) atoms. The van der Waals surface area contributed by atoms with E-state index in [0.717, 1.165) is 24.8 Å². The van der Waals surface area contributed by atoms with Gasteiger partial charge in [0.1, 0.15) is 5.75 Å². The first-order valence-electron chi connectivity index (χ1n) is 7.15. The lowest BCUT2D eigenvalue weighted by Gasteiger charge is -2.08. The third-order valence-corrected chi connectivity index (χ3v) is 2.77. The van der Waals surface area contributed by atoms with Gasteiger partial charge in [0.25, 0.3) is 0 Å². The van der Waals surface area contributed by atoms with Crippen molar-refractivity contribution in [2.24, 2.45) is 0 Å². The van der Waals surface area contributed by atoms with Crippen LogP contribution in [0.1, 0.15) is 38.7 Å². The summed E-state index contributed by atoms with van der Waals surface area (Å²) in [6, 6.07) is 5.54. The highest BCUT2D eigenvalue weighted by Gasteiger charge is 2.01. The summed E-state index contributed by atoms with van der Waals surface area (Å²) in [6.07, 6.45) is 6.29. The molecule has 1 aromatic carbocycles. The molecule has 4 nitrogen and oxygen atoms in total. The highest BCUT2D eigenvalue weighted by molar-refractivity contribution is 5.91. The first-order valence-corrected chi connectivity index (χ1v) is 7.15. The van der Waals surface area contributed by atoms with Crippen LogP contribution in [-0.2, 0) is 4.79 Å². The van der Waals surface area contributed by atoms with Crippen molar-refractivity contribution in [2.75, 3.05) is 18.9 Å². The van der Waals surface area contributed by atoms with Crippen molar-refractivity contribution in [3.8, 4) is 5.75 Å². The van der Waals surface area contributed by atoms with Gasteiger partial charge in [-0.15, -0.1) is 0 Å². The van der Waals surface area contributed by atoms with Gasteiger partial charge in [0.2, 0.25) is 5.91 Å². The minimum Gasteiger partial charge on any atom is -0.491 e. The number of hydrogen-bond acceptors (Lipinski definition) is 3. The fourth-order valence-electron chi connectivity index (χ4n) is 1.61. The van der Waals surface area contributed by atoms with Gasteiger partial charge in [-0.25, -0.2) is 0 Å². The molecule has 0 bridgehead atoms. The number of nitrogens with two attached hydrogens (primary N) is 1. The van der Waals surface area contributed by atoms with E-state index in [1.807, 2.05) is 25.1 Å². The average Bonchev–Trinajstić information content (AvgIpc) is 2.45. The number of ether oxygens (including phenoxy) is 1. The Kier molecular flexibility index (Phi) is 7.25.